The SMILES string of the molecule is CCCCCCCCCCCCCCCCCCCCc1c(C(=O)O)c(CCCCCCCCCCCCCCCCCCCC)c(C(=O)O)c(CCCCCCCCCCCCCCCCCCCC)c1C(=O)O. The van der Waals surface area contributed by atoms with Gasteiger partial charge in [-0.2, -0.15) is 0 Å². The largest absolute Gasteiger partial charge is 0.478 e. The number of carbonyl (C=O) groups is 3. The highest BCUT2D eigenvalue weighted by Gasteiger charge is 2.32. The summed E-state index contributed by atoms with van der Waals surface area (Å²) in [4.78, 5) is 39.7. The maximum Gasteiger partial charge on any atom is 0.336 e. The number of rotatable bonds is 60. The molecule has 0 aliphatic rings. The molecule has 0 atom stereocenters. The van der Waals surface area contributed by atoms with Crippen LogP contribution in [0.25, 0.3) is 0 Å². The Balaban J connectivity index is 2.77. The lowest BCUT2D eigenvalue weighted by Crippen LogP contribution is -2.22. The van der Waals surface area contributed by atoms with Crippen LogP contribution in [0.15, 0.2) is 0 Å². The first-order valence-corrected chi connectivity index (χ1v) is 33.7. The Labute approximate surface area is 465 Å². The fourth-order valence-corrected chi connectivity index (χ4v) is 12.1. The standard InChI is InChI=1S/C69H126O6/c1-4-7-10-13-16-19-22-25-28-31-34-37-40-43-46-49-52-55-58-61-64(67(70)71)62(59-56-53-50-47-44-41-38-35-32-29-26-23-20-17-14-11-8-5-2)66(69(74)75)63(65(61)68(72)73)60-57-54-51-48-45-42-39-36-33-30-27-24-21-18-15-12-9-6-3/h4-60H2,1-3H3,(H,70,71)(H,72,73)(H,74,75). The molecule has 0 aromatic heterocycles. The summed E-state index contributed by atoms with van der Waals surface area (Å²) in [6.45, 7) is 6.83. The summed E-state index contributed by atoms with van der Waals surface area (Å²) < 4.78 is 0. The van der Waals surface area contributed by atoms with E-state index in [1.165, 1.54) is 270 Å². The Bertz CT molecular complexity index is 1270. The number of carboxylic acids is 3. The van der Waals surface area contributed by atoms with Crippen LogP contribution in [0.4, 0.5) is 0 Å². The van der Waals surface area contributed by atoms with Gasteiger partial charge >= 0.3 is 17.9 Å². The van der Waals surface area contributed by atoms with E-state index in [1.54, 1.807) is 0 Å². The predicted octanol–water partition coefficient (Wildman–Crippen LogP) is 23.5. The molecule has 0 heterocycles. The number of hydrogen-bond donors (Lipinski definition) is 3. The molecular formula is C69H126O6. The van der Waals surface area contributed by atoms with Crippen LogP contribution < -0.4 is 0 Å². The Morgan fingerprint density at radius 1 is 0.200 bits per heavy atom. The molecule has 3 N–H and O–H groups in total. The summed E-state index contributed by atoms with van der Waals surface area (Å²) in [7, 11) is 0. The van der Waals surface area contributed by atoms with Crippen molar-refractivity contribution in [3.8, 4) is 0 Å². The third-order valence-electron chi connectivity index (χ3n) is 16.8. The van der Waals surface area contributed by atoms with Gasteiger partial charge < -0.3 is 15.3 Å². The van der Waals surface area contributed by atoms with E-state index in [9.17, 15) is 29.7 Å². The molecule has 0 spiro atoms. The molecular weight excluding hydrogens is 925 g/mol. The molecule has 0 amide bonds. The molecule has 0 bridgehead atoms. The molecule has 0 aliphatic heterocycles. The molecule has 1 aromatic rings. The van der Waals surface area contributed by atoms with Crippen LogP contribution >= 0.6 is 0 Å². The molecule has 6 nitrogen and oxygen atoms in total. The lowest BCUT2D eigenvalue weighted by atomic mass is 9.81. The molecule has 75 heavy (non-hydrogen) atoms. The van der Waals surface area contributed by atoms with E-state index in [2.05, 4.69) is 20.8 Å². The second kappa shape index (κ2) is 53.6. The van der Waals surface area contributed by atoms with Crippen LogP contribution in [0.5, 0.6) is 0 Å². The number of unbranched alkanes of at least 4 members (excludes halogenated alkanes) is 51. The molecule has 0 saturated heterocycles. The van der Waals surface area contributed by atoms with Crippen molar-refractivity contribution < 1.29 is 29.7 Å². The van der Waals surface area contributed by atoms with E-state index in [1.807, 2.05) is 0 Å². The summed E-state index contributed by atoms with van der Waals surface area (Å²) in [6, 6.07) is 0. The number of hydrogen-bond acceptors (Lipinski definition) is 3. The van der Waals surface area contributed by atoms with Crippen molar-refractivity contribution in [3.63, 3.8) is 0 Å². The molecule has 1 aromatic carbocycles. The smallest absolute Gasteiger partial charge is 0.336 e. The Morgan fingerprint density at radius 3 is 0.413 bits per heavy atom. The monoisotopic (exact) mass is 1050 g/mol. The summed E-state index contributed by atoms with van der Waals surface area (Å²) in [5, 5.41) is 32.4. The number of carboxylic acid groups (broad SMARTS) is 3. The molecule has 0 radical (unpaired) electrons. The zero-order valence-corrected chi connectivity index (χ0v) is 50.4. The van der Waals surface area contributed by atoms with Crippen LogP contribution in [0.3, 0.4) is 0 Å². The van der Waals surface area contributed by atoms with Gasteiger partial charge in [0.25, 0.3) is 0 Å². The van der Waals surface area contributed by atoms with Gasteiger partial charge in [-0.3, -0.25) is 0 Å². The molecule has 0 unspecified atom stereocenters. The summed E-state index contributed by atoms with van der Waals surface area (Å²) in [5.74, 6) is -3.56. The van der Waals surface area contributed by atoms with Gasteiger partial charge in [0.15, 0.2) is 0 Å². The molecule has 1 rings (SSSR count). The zero-order chi connectivity index (χ0) is 54.5. The van der Waals surface area contributed by atoms with Gasteiger partial charge in [-0.25, -0.2) is 14.4 Å². The fourth-order valence-electron chi connectivity index (χ4n) is 12.1. The Morgan fingerprint density at radius 2 is 0.307 bits per heavy atom. The van der Waals surface area contributed by atoms with Crippen molar-refractivity contribution in [1.29, 1.82) is 0 Å². The minimum Gasteiger partial charge on any atom is -0.478 e. The fraction of sp³-hybridized carbons (Fsp3) is 0.870. The minimum atomic E-state index is -1.19. The maximum absolute atomic E-state index is 13.2. The number of aromatic carboxylic acids is 3. The number of benzene rings is 1. The predicted molar refractivity (Wildman–Crippen MR) is 325 cm³/mol. The minimum absolute atomic E-state index is 0.0368. The van der Waals surface area contributed by atoms with E-state index in [-0.39, 0.29) is 16.7 Å². The molecule has 0 saturated carbocycles. The highest BCUT2D eigenvalue weighted by molar-refractivity contribution is 6.05. The third kappa shape index (κ3) is 39.6. The maximum atomic E-state index is 13.2. The van der Waals surface area contributed by atoms with Crippen molar-refractivity contribution in [2.45, 2.75) is 387 Å². The van der Waals surface area contributed by atoms with Crippen LogP contribution in [-0.2, 0) is 19.3 Å². The van der Waals surface area contributed by atoms with Gasteiger partial charge in [0.2, 0.25) is 0 Å². The zero-order valence-electron chi connectivity index (χ0n) is 50.4. The summed E-state index contributed by atoms with van der Waals surface area (Å²) >= 11 is 0. The van der Waals surface area contributed by atoms with E-state index < -0.39 is 17.9 Å². The molecule has 0 fully saturated rings. The normalized spacial score (nSPS) is 11.6. The van der Waals surface area contributed by atoms with Gasteiger partial charge in [0.1, 0.15) is 0 Å². The molecule has 6 heteroatoms. The average Bonchev–Trinajstić information content (AvgIpc) is 3.39. The van der Waals surface area contributed by atoms with E-state index >= 15 is 0 Å². The van der Waals surface area contributed by atoms with Gasteiger partial charge in [-0.1, -0.05) is 348 Å². The van der Waals surface area contributed by atoms with Crippen LogP contribution in [0.1, 0.15) is 415 Å². The van der Waals surface area contributed by atoms with Crippen molar-refractivity contribution >= 4 is 17.9 Å². The van der Waals surface area contributed by atoms with Crippen LogP contribution in [-0.4, -0.2) is 33.2 Å². The first-order chi connectivity index (χ1) is 36.8. The van der Waals surface area contributed by atoms with Crippen LogP contribution in [0.2, 0.25) is 0 Å². The summed E-state index contributed by atoms with van der Waals surface area (Å²) in [5.41, 5.74) is 0.991. The highest BCUT2D eigenvalue weighted by Crippen LogP contribution is 2.34. The Kier molecular flexibility index (Phi) is 50.5. The van der Waals surface area contributed by atoms with E-state index in [0.29, 0.717) is 55.2 Å². The third-order valence-corrected chi connectivity index (χ3v) is 16.8. The first kappa shape index (κ1) is 70.6. The molecule has 438 valence electrons. The van der Waals surface area contributed by atoms with Crippen molar-refractivity contribution in [2.75, 3.05) is 0 Å². The second-order valence-corrected chi connectivity index (χ2v) is 23.8. The van der Waals surface area contributed by atoms with Crippen molar-refractivity contribution in [2.24, 2.45) is 0 Å². The summed E-state index contributed by atoms with van der Waals surface area (Å²) in [6.07, 6.45) is 69.1. The Hall–Kier alpha value is -2.37. The van der Waals surface area contributed by atoms with Crippen molar-refractivity contribution in [1.82, 2.24) is 0 Å². The van der Waals surface area contributed by atoms with Gasteiger partial charge in [0.05, 0.1) is 16.7 Å². The quantitative estimate of drug-likeness (QED) is 0.0561. The molecule has 0 aliphatic carbocycles. The van der Waals surface area contributed by atoms with E-state index in [0.717, 1.165) is 57.8 Å². The average molecular weight is 1050 g/mol. The second-order valence-electron chi connectivity index (χ2n) is 23.8. The van der Waals surface area contributed by atoms with Gasteiger partial charge in [-0.05, 0) is 55.2 Å². The lowest BCUT2D eigenvalue weighted by Gasteiger charge is -2.22. The van der Waals surface area contributed by atoms with Crippen LogP contribution in [0, 0.1) is 0 Å². The van der Waals surface area contributed by atoms with Gasteiger partial charge in [-0.15, -0.1) is 0 Å². The van der Waals surface area contributed by atoms with Gasteiger partial charge in [0, 0.05) is 0 Å². The topological polar surface area (TPSA) is 112 Å². The lowest BCUT2D eigenvalue weighted by molar-refractivity contribution is 0.0693. The first-order valence-electron chi connectivity index (χ1n) is 33.7. The van der Waals surface area contributed by atoms with Crippen molar-refractivity contribution in [3.05, 3.63) is 33.4 Å². The highest BCUT2D eigenvalue weighted by atomic mass is 16.4. The van der Waals surface area contributed by atoms with E-state index in [4.69, 9.17) is 0 Å².